The van der Waals surface area contributed by atoms with E-state index in [1.54, 1.807) is 0 Å². The number of carbonyl (C=O) groups is 1. The van der Waals surface area contributed by atoms with E-state index in [0.717, 1.165) is 61.1 Å². The molecule has 5 rings (SSSR count). The molecular formula is C19H25N5O. The maximum atomic E-state index is 12.9. The summed E-state index contributed by atoms with van der Waals surface area (Å²) in [6, 6.07) is 4.53. The van der Waals surface area contributed by atoms with Crippen LogP contribution >= 0.6 is 0 Å². The number of amides is 1. The smallest absolute Gasteiger partial charge is 0.255 e. The average Bonchev–Trinajstić information content (AvgIpc) is 3.37. The minimum atomic E-state index is 0.127. The van der Waals surface area contributed by atoms with Crippen LogP contribution in [0.2, 0.25) is 0 Å². The highest BCUT2D eigenvalue weighted by Crippen LogP contribution is 2.46. The Labute approximate surface area is 147 Å². The van der Waals surface area contributed by atoms with E-state index in [1.165, 1.54) is 25.7 Å². The van der Waals surface area contributed by atoms with Gasteiger partial charge in [0.15, 0.2) is 5.65 Å². The van der Waals surface area contributed by atoms with Crippen LogP contribution in [-0.2, 0) is 0 Å². The molecule has 2 aliphatic carbocycles. The first-order chi connectivity index (χ1) is 12.2. The third-order valence-electron chi connectivity index (χ3n) is 6.59. The van der Waals surface area contributed by atoms with E-state index < -0.39 is 0 Å². The normalized spacial score (nSPS) is 29.6. The molecule has 3 heterocycles. The van der Waals surface area contributed by atoms with Crippen molar-refractivity contribution in [2.75, 3.05) is 26.2 Å². The Bertz CT molecular complexity index is 807. The SMILES string of the molecule is Cc1nnc2ccc(C(=O)N3CCN([C@@H]4C[C@H]5CC[C@H]4C5)CC3)cn12. The van der Waals surface area contributed by atoms with Crippen molar-refractivity contribution in [1.82, 2.24) is 24.4 Å². The zero-order valence-corrected chi connectivity index (χ0v) is 14.8. The predicted molar refractivity (Wildman–Crippen MR) is 94.4 cm³/mol. The number of hydrogen-bond donors (Lipinski definition) is 0. The molecule has 2 bridgehead atoms. The van der Waals surface area contributed by atoms with Gasteiger partial charge in [0.1, 0.15) is 5.82 Å². The van der Waals surface area contributed by atoms with Crippen LogP contribution < -0.4 is 0 Å². The van der Waals surface area contributed by atoms with Crippen molar-refractivity contribution in [1.29, 1.82) is 0 Å². The Kier molecular flexibility index (Phi) is 3.55. The van der Waals surface area contributed by atoms with Crippen LogP contribution in [-0.4, -0.2) is 62.5 Å². The lowest BCUT2D eigenvalue weighted by molar-refractivity contribution is 0.0495. The van der Waals surface area contributed by atoms with Crippen LogP contribution in [0.1, 0.15) is 41.9 Å². The molecule has 0 spiro atoms. The topological polar surface area (TPSA) is 53.7 Å². The largest absolute Gasteiger partial charge is 0.336 e. The second-order valence-electron chi connectivity index (χ2n) is 7.96. The standard InChI is InChI=1S/C19H25N5O/c1-13-20-21-18-5-4-16(12-24(13)18)19(25)23-8-6-22(7-9-23)17-11-14-2-3-15(17)10-14/h4-5,12,14-15,17H,2-3,6-11H2,1H3/t14-,15-,17+/m0/s1. The van der Waals surface area contributed by atoms with E-state index in [4.69, 9.17) is 0 Å². The van der Waals surface area contributed by atoms with Gasteiger partial charge in [0.25, 0.3) is 5.91 Å². The summed E-state index contributed by atoms with van der Waals surface area (Å²) >= 11 is 0. The summed E-state index contributed by atoms with van der Waals surface area (Å²) in [6.07, 6.45) is 7.58. The fourth-order valence-corrected chi connectivity index (χ4v) is 5.23. The zero-order valence-electron chi connectivity index (χ0n) is 14.8. The van der Waals surface area contributed by atoms with Crippen molar-refractivity contribution in [3.8, 4) is 0 Å². The highest BCUT2D eigenvalue weighted by molar-refractivity contribution is 5.94. The molecule has 6 heteroatoms. The molecule has 1 saturated heterocycles. The molecule has 1 aliphatic heterocycles. The summed E-state index contributed by atoms with van der Waals surface area (Å²) in [5.74, 6) is 2.84. The number of pyridine rings is 1. The van der Waals surface area contributed by atoms with Gasteiger partial charge in [0.05, 0.1) is 5.56 Å². The third kappa shape index (κ3) is 2.54. The highest BCUT2D eigenvalue weighted by Gasteiger charge is 2.42. The van der Waals surface area contributed by atoms with E-state index in [-0.39, 0.29) is 5.91 Å². The van der Waals surface area contributed by atoms with Crippen LogP contribution in [0.3, 0.4) is 0 Å². The predicted octanol–water partition coefficient (Wildman–Crippen LogP) is 1.98. The van der Waals surface area contributed by atoms with Gasteiger partial charge in [-0.1, -0.05) is 6.42 Å². The third-order valence-corrected chi connectivity index (χ3v) is 6.59. The molecule has 25 heavy (non-hydrogen) atoms. The Morgan fingerprint density at radius 1 is 1.08 bits per heavy atom. The summed E-state index contributed by atoms with van der Waals surface area (Å²) in [7, 11) is 0. The van der Waals surface area contributed by atoms with Gasteiger partial charge in [-0.25, -0.2) is 0 Å². The van der Waals surface area contributed by atoms with E-state index in [2.05, 4.69) is 15.1 Å². The number of piperazine rings is 1. The lowest BCUT2D eigenvalue weighted by Gasteiger charge is -2.41. The van der Waals surface area contributed by atoms with E-state index >= 15 is 0 Å². The summed E-state index contributed by atoms with van der Waals surface area (Å²) < 4.78 is 1.89. The summed E-state index contributed by atoms with van der Waals surface area (Å²) in [6.45, 7) is 5.63. The van der Waals surface area contributed by atoms with Crippen molar-refractivity contribution < 1.29 is 4.79 Å². The molecule has 132 valence electrons. The van der Waals surface area contributed by atoms with Gasteiger partial charge in [-0.15, -0.1) is 10.2 Å². The first kappa shape index (κ1) is 15.3. The molecule has 6 nitrogen and oxygen atoms in total. The molecule has 3 fully saturated rings. The molecule has 1 amide bonds. The van der Waals surface area contributed by atoms with Gasteiger partial charge in [-0.05, 0) is 50.2 Å². The Morgan fingerprint density at radius 3 is 2.64 bits per heavy atom. The molecule has 0 radical (unpaired) electrons. The fraction of sp³-hybridized carbons (Fsp3) is 0.632. The second-order valence-corrected chi connectivity index (χ2v) is 7.96. The summed E-state index contributed by atoms with van der Waals surface area (Å²) in [5, 5.41) is 8.15. The highest BCUT2D eigenvalue weighted by atomic mass is 16.2. The van der Waals surface area contributed by atoms with Gasteiger partial charge in [0, 0.05) is 38.4 Å². The summed E-state index contributed by atoms with van der Waals surface area (Å²) in [5.41, 5.74) is 1.51. The quantitative estimate of drug-likeness (QED) is 0.840. The average molecular weight is 339 g/mol. The molecular weight excluding hydrogens is 314 g/mol. The molecule has 2 aromatic rings. The van der Waals surface area contributed by atoms with Gasteiger partial charge in [0.2, 0.25) is 0 Å². The lowest BCUT2D eigenvalue weighted by atomic mass is 9.93. The Morgan fingerprint density at radius 2 is 1.92 bits per heavy atom. The first-order valence-electron chi connectivity index (χ1n) is 9.54. The van der Waals surface area contributed by atoms with Crippen LogP contribution in [0.25, 0.3) is 5.65 Å². The number of rotatable bonds is 2. The van der Waals surface area contributed by atoms with Crippen LogP contribution in [0.5, 0.6) is 0 Å². The zero-order chi connectivity index (χ0) is 17.0. The van der Waals surface area contributed by atoms with Gasteiger partial charge in [-0.2, -0.15) is 0 Å². The Balaban J connectivity index is 1.26. The molecule has 0 N–H and O–H groups in total. The lowest BCUT2D eigenvalue weighted by Crippen LogP contribution is -2.53. The van der Waals surface area contributed by atoms with Crippen molar-refractivity contribution in [3.63, 3.8) is 0 Å². The fourth-order valence-electron chi connectivity index (χ4n) is 5.23. The molecule has 3 atom stereocenters. The van der Waals surface area contributed by atoms with Crippen LogP contribution in [0, 0.1) is 18.8 Å². The number of hydrogen-bond acceptors (Lipinski definition) is 4. The van der Waals surface area contributed by atoms with Crippen molar-refractivity contribution in [2.24, 2.45) is 11.8 Å². The molecule has 2 aromatic heterocycles. The van der Waals surface area contributed by atoms with Crippen LogP contribution in [0.4, 0.5) is 0 Å². The maximum absolute atomic E-state index is 12.9. The van der Waals surface area contributed by atoms with Gasteiger partial charge in [-0.3, -0.25) is 14.1 Å². The first-order valence-corrected chi connectivity index (χ1v) is 9.54. The van der Waals surface area contributed by atoms with Crippen LogP contribution in [0.15, 0.2) is 18.3 Å². The molecule has 2 saturated carbocycles. The minimum absolute atomic E-state index is 0.127. The van der Waals surface area contributed by atoms with Crippen molar-refractivity contribution in [2.45, 2.75) is 38.6 Å². The number of aromatic nitrogens is 3. The van der Waals surface area contributed by atoms with Gasteiger partial charge < -0.3 is 4.90 Å². The van der Waals surface area contributed by atoms with E-state index in [1.807, 2.05) is 34.6 Å². The summed E-state index contributed by atoms with van der Waals surface area (Å²) in [4.78, 5) is 17.5. The van der Waals surface area contributed by atoms with Crippen molar-refractivity contribution >= 4 is 11.6 Å². The minimum Gasteiger partial charge on any atom is -0.336 e. The number of fused-ring (bicyclic) bond motifs is 3. The van der Waals surface area contributed by atoms with E-state index in [9.17, 15) is 4.79 Å². The molecule has 3 aliphatic rings. The monoisotopic (exact) mass is 339 g/mol. The van der Waals surface area contributed by atoms with E-state index in [0.29, 0.717) is 0 Å². The molecule has 0 aromatic carbocycles. The van der Waals surface area contributed by atoms with Gasteiger partial charge >= 0.3 is 0 Å². The van der Waals surface area contributed by atoms with Crippen molar-refractivity contribution in [3.05, 3.63) is 29.7 Å². The maximum Gasteiger partial charge on any atom is 0.255 e. The Hall–Kier alpha value is -1.95. The number of aryl methyl sites for hydroxylation is 1. The molecule has 0 unspecified atom stereocenters. The number of carbonyl (C=O) groups excluding carboxylic acids is 1. The number of nitrogens with zero attached hydrogens (tertiary/aromatic N) is 5. The second kappa shape index (κ2) is 5.80.